The number of carbonyl (C=O) groups excluding carboxylic acids is 1. The first-order valence-corrected chi connectivity index (χ1v) is 11.1. The molecule has 0 bridgehead atoms. The van der Waals surface area contributed by atoms with E-state index in [0.29, 0.717) is 17.2 Å². The Morgan fingerprint density at radius 1 is 1.03 bits per heavy atom. The Morgan fingerprint density at radius 3 is 2.60 bits per heavy atom. The minimum atomic E-state index is -0.333. The second-order valence-corrected chi connectivity index (χ2v) is 8.46. The number of halogens is 1. The van der Waals surface area contributed by atoms with Gasteiger partial charge < -0.3 is 10.1 Å². The molecule has 0 aliphatic carbocycles. The zero-order valence-electron chi connectivity index (χ0n) is 16.8. The topological polar surface area (TPSA) is 41.6 Å². The van der Waals surface area contributed by atoms with Crippen molar-refractivity contribution in [2.24, 2.45) is 0 Å². The summed E-state index contributed by atoms with van der Waals surface area (Å²) >= 11 is 1.37. The fourth-order valence-electron chi connectivity index (χ4n) is 3.56. The van der Waals surface area contributed by atoms with Crippen LogP contribution in [0.4, 0.5) is 10.1 Å². The van der Waals surface area contributed by atoms with Gasteiger partial charge in [-0.05, 0) is 67.2 Å². The number of nitrogens with one attached hydrogen (secondary N) is 1. The maximum Gasteiger partial charge on any atom is 0.265 e. The summed E-state index contributed by atoms with van der Waals surface area (Å²) in [6.45, 7) is 3.59. The molecule has 0 saturated carbocycles. The van der Waals surface area contributed by atoms with Crippen LogP contribution in [0.1, 0.15) is 40.1 Å². The molecule has 1 aromatic heterocycles. The quantitative estimate of drug-likeness (QED) is 0.529. The first kappa shape index (κ1) is 20.6. The molecule has 1 aliphatic rings. The lowest BCUT2D eigenvalue weighted by molar-refractivity contribution is 0.103. The number of piperidine rings is 1. The van der Waals surface area contributed by atoms with E-state index in [1.807, 2.05) is 23.6 Å². The number of rotatable bonds is 7. The number of hydrogen-bond acceptors (Lipinski definition) is 4. The van der Waals surface area contributed by atoms with Crippen LogP contribution in [0, 0.1) is 5.82 Å². The van der Waals surface area contributed by atoms with E-state index >= 15 is 0 Å². The number of nitrogens with zero attached hydrogens (tertiary/aromatic N) is 1. The molecule has 6 heteroatoms. The van der Waals surface area contributed by atoms with Crippen molar-refractivity contribution in [3.05, 3.63) is 81.8 Å². The first-order valence-electron chi connectivity index (χ1n) is 10.2. The van der Waals surface area contributed by atoms with Crippen LogP contribution >= 0.6 is 11.3 Å². The molecule has 4 nitrogen and oxygen atoms in total. The van der Waals surface area contributed by atoms with Crippen LogP contribution in [-0.2, 0) is 13.2 Å². The van der Waals surface area contributed by atoms with Crippen LogP contribution < -0.4 is 10.1 Å². The predicted molar refractivity (Wildman–Crippen MR) is 119 cm³/mol. The van der Waals surface area contributed by atoms with Crippen molar-refractivity contribution in [1.82, 2.24) is 4.90 Å². The number of carbonyl (C=O) groups is 1. The number of likely N-dealkylation sites (tertiary alicyclic amines) is 1. The number of amides is 1. The molecule has 1 amide bonds. The summed E-state index contributed by atoms with van der Waals surface area (Å²) < 4.78 is 18.8. The van der Waals surface area contributed by atoms with Crippen molar-refractivity contribution >= 4 is 22.9 Å². The van der Waals surface area contributed by atoms with Crippen molar-refractivity contribution < 1.29 is 13.9 Å². The zero-order valence-corrected chi connectivity index (χ0v) is 17.6. The van der Waals surface area contributed by atoms with E-state index in [4.69, 9.17) is 4.74 Å². The van der Waals surface area contributed by atoms with E-state index in [0.717, 1.165) is 17.8 Å². The molecule has 0 spiro atoms. The van der Waals surface area contributed by atoms with Gasteiger partial charge in [-0.25, -0.2) is 4.39 Å². The molecule has 4 rings (SSSR count). The summed E-state index contributed by atoms with van der Waals surface area (Å²) in [5.74, 6) is -0.00235. The molecule has 2 heterocycles. The van der Waals surface area contributed by atoms with E-state index in [1.165, 1.54) is 61.4 Å². The standard InChI is InChI=1S/C24H25FN2O2S/c25-20-5-4-6-22(14-20)29-16-19-13-23(30-17-19)24(28)26-21-9-7-18(8-10-21)15-27-11-2-1-3-12-27/h4-10,13-14,17H,1-3,11-12,15-16H2,(H,26,28). The number of benzene rings is 2. The van der Waals surface area contributed by atoms with Gasteiger partial charge in [0.25, 0.3) is 5.91 Å². The van der Waals surface area contributed by atoms with Gasteiger partial charge in [0.05, 0.1) is 4.88 Å². The summed E-state index contributed by atoms with van der Waals surface area (Å²) in [5, 5.41) is 4.84. The van der Waals surface area contributed by atoms with Gasteiger partial charge in [0, 0.05) is 23.9 Å². The van der Waals surface area contributed by atoms with Crippen LogP contribution in [-0.4, -0.2) is 23.9 Å². The zero-order chi connectivity index (χ0) is 20.8. The van der Waals surface area contributed by atoms with E-state index < -0.39 is 0 Å². The molecule has 1 N–H and O–H groups in total. The number of thiophene rings is 1. The Hall–Kier alpha value is -2.70. The van der Waals surface area contributed by atoms with Gasteiger partial charge in [0.1, 0.15) is 18.2 Å². The van der Waals surface area contributed by atoms with Crippen LogP contribution in [0.5, 0.6) is 5.75 Å². The minimum Gasteiger partial charge on any atom is -0.489 e. The van der Waals surface area contributed by atoms with Gasteiger partial charge in [0.15, 0.2) is 0 Å². The van der Waals surface area contributed by atoms with Crippen LogP contribution in [0.15, 0.2) is 60.0 Å². The van der Waals surface area contributed by atoms with Crippen molar-refractivity contribution in [2.45, 2.75) is 32.4 Å². The molecule has 2 aromatic carbocycles. The molecule has 3 aromatic rings. The Balaban J connectivity index is 1.29. The molecule has 1 saturated heterocycles. The summed E-state index contributed by atoms with van der Waals surface area (Å²) in [5.41, 5.74) is 2.93. The third-order valence-electron chi connectivity index (χ3n) is 5.15. The Morgan fingerprint density at radius 2 is 1.83 bits per heavy atom. The molecular weight excluding hydrogens is 399 g/mol. The monoisotopic (exact) mass is 424 g/mol. The Labute approximate surface area is 180 Å². The lowest BCUT2D eigenvalue weighted by atomic mass is 10.1. The molecule has 1 fully saturated rings. The number of ether oxygens (including phenoxy) is 1. The van der Waals surface area contributed by atoms with Gasteiger partial charge in [-0.1, -0.05) is 24.6 Å². The van der Waals surface area contributed by atoms with Gasteiger partial charge >= 0.3 is 0 Å². The molecule has 30 heavy (non-hydrogen) atoms. The second kappa shape index (κ2) is 9.87. The highest BCUT2D eigenvalue weighted by atomic mass is 32.1. The van der Waals surface area contributed by atoms with Crippen LogP contribution in [0.3, 0.4) is 0 Å². The van der Waals surface area contributed by atoms with Crippen molar-refractivity contribution in [3.8, 4) is 5.75 Å². The summed E-state index contributed by atoms with van der Waals surface area (Å²) in [6.07, 6.45) is 3.90. The normalized spacial score (nSPS) is 14.4. The molecule has 1 aliphatic heterocycles. The highest BCUT2D eigenvalue weighted by molar-refractivity contribution is 7.12. The summed E-state index contributed by atoms with van der Waals surface area (Å²) in [4.78, 5) is 15.6. The lowest BCUT2D eigenvalue weighted by Crippen LogP contribution is -2.29. The van der Waals surface area contributed by atoms with Crippen molar-refractivity contribution in [1.29, 1.82) is 0 Å². The van der Waals surface area contributed by atoms with Crippen LogP contribution in [0.25, 0.3) is 0 Å². The van der Waals surface area contributed by atoms with E-state index in [-0.39, 0.29) is 11.7 Å². The second-order valence-electron chi connectivity index (χ2n) is 7.55. The fraction of sp³-hybridized carbons (Fsp3) is 0.292. The van der Waals surface area contributed by atoms with E-state index in [9.17, 15) is 9.18 Å². The first-order chi connectivity index (χ1) is 14.7. The van der Waals surface area contributed by atoms with Gasteiger partial charge in [-0.3, -0.25) is 9.69 Å². The van der Waals surface area contributed by atoms with Gasteiger partial charge in [-0.15, -0.1) is 11.3 Å². The third-order valence-corrected chi connectivity index (χ3v) is 6.12. The number of hydrogen-bond donors (Lipinski definition) is 1. The maximum atomic E-state index is 13.2. The van der Waals surface area contributed by atoms with Crippen molar-refractivity contribution in [3.63, 3.8) is 0 Å². The smallest absolute Gasteiger partial charge is 0.265 e. The average Bonchev–Trinajstić information content (AvgIpc) is 3.24. The highest BCUT2D eigenvalue weighted by Gasteiger charge is 2.12. The lowest BCUT2D eigenvalue weighted by Gasteiger charge is -2.26. The number of anilines is 1. The molecule has 0 radical (unpaired) electrons. The van der Waals surface area contributed by atoms with Gasteiger partial charge in [-0.2, -0.15) is 0 Å². The van der Waals surface area contributed by atoms with Crippen molar-refractivity contribution in [2.75, 3.05) is 18.4 Å². The Kier molecular flexibility index (Phi) is 6.77. The molecule has 156 valence electrons. The minimum absolute atomic E-state index is 0.138. The largest absolute Gasteiger partial charge is 0.489 e. The SMILES string of the molecule is O=C(Nc1ccc(CN2CCCCC2)cc1)c1cc(COc2cccc(F)c2)cs1. The third kappa shape index (κ3) is 5.68. The average molecular weight is 425 g/mol. The van der Waals surface area contributed by atoms with E-state index in [2.05, 4.69) is 22.3 Å². The maximum absolute atomic E-state index is 13.2. The fourth-order valence-corrected chi connectivity index (χ4v) is 4.35. The molecular formula is C24H25FN2O2S. The molecule has 0 unspecified atom stereocenters. The van der Waals surface area contributed by atoms with Gasteiger partial charge in [0.2, 0.25) is 0 Å². The molecule has 0 atom stereocenters. The highest BCUT2D eigenvalue weighted by Crippen LogP contribution is 2.21. The van der Waals surface area contributed by atoms with E-state index in [1.54, 1.807) is 12.1 Å². The summed E-state index contributed by atoms with van der Waals surface area (Å²) in [6, 6.07) is 15.9. The van der Waals surface area contributed by atoms with Crippen LogP contribution in [0.2, 0.25) is 0 Å². The Bertz CT molecular complexity index is 981. The predicted octanol–water partition coefficient (Wildman–Crippen LogP) is 5.70. The summed E-state index contributed by atoms with van der Waals surface area (Å²) in [7, 11) is 0.